The maximum Gasteiger partial charge on any atom is 0.310 e. The summed E-state index contributed by atoms with van der Waals surface area (Å²) < 4.78 is 4.89. The first-order valence-electron chi connectivity index (χ1n) is 7.30. The molecule has 7 nitrogen and oxygen atoms in total. The summed E-state index contributed by atoms with van der Waals surface area (Å²) in [4.78, 5) is 33.9. The molecule has 0 fully saturated rings. The number of carbonyl (C=O) groups is 2. The van der Waals surface area contributed by atoms with E-state index < -0.39 is 23.4 Å². The minimum absolute atomic E-state index is 0.0195. The van der Waals surface area contributed by atoms with Gasteiger partial charge in [0.25, 0.3) is 11.6 Å². The quantitative estimate of drug-likeness (QED) is 0.483. The zero-order chi connectivity index (χ0) is 18.4. The summed E-state index contributed by atoms with van der Waals surface area (Å²) >= 11 is 5.70. The fraction of sp³-hybridized carbons (Fsp3) is 0.176. The first-order valence-corrected chi connectivity index (χ1v) is 7.68. The molecule has 130 valence electrons. The molecule has 0 saturated heterocycles. The Balaban J connectivity index is 1.89. The molecular weight excluding hydrogens is 348 g/mol. The zero-order valence-corrected chi connectivity index (χ0v) is 14.1. The molecule has 0 saturated carbocycles. The summed E-state index contributed by atoms with van der Waals surface area (Å²) in [7, 11) is 0. The van der Waals surface area contributed by atoms with E-state index in [2.05, 4.69) is 5.32 Å². The van der Waals surface area contributed by atoms with Gasteiger partial charge in [-0.1, -0.05) is 41.4 Å². The Morgan fingerprint density at radius 1 is 1.20 bits per heavy atom. The van der Waals surface area contributed by atoms with E-state index in [1.807, 2.05) is 19.1 Å². The molecule has 1 amide bonds. The van der Waals surface area contributed by atoms with Gasteiger partial charge in [0.1, 0.15) is 5.69 Å². The van der Waals surface area contributed by atoms with Crippen molar-refractivity contribution < 1.29 is 19.2 Å². The highest BCUT2D eigenvalue weighted by Crippen LogP contribution is 2.27. The number of carbonyl (C=O) groups excluding carboxylic acids is 2. The van der Waals surface area contributed by atoms with Crippen LogP contribution in [0.5, 0.6) is 0 Å². The summed E-state index contributed by atoms with van der Waals surface area (Å²) in [6.45, 7) is 1.40. The number of nitro groups is 1. The van der Waals surface area contributed by atoms with E-state index in [9.17, 15) is 19.7 Å². The molecule has 2 aromatic carbocycles. The van der Waals surface area contributed by atoms with Crippen LogP contribution in [0.25, 0.3) is 0 Å². The Morgan fingerprint density at radius 2 is 1.88 bits per heavy atom. The highest BCUT2D eigenvalue weighted by Gasteiger charge is 2.17. The Kier molecular flexibility index (Phi) is 6.08. The van der Waals surface area contributed by atoms with E-state index in [1.165, 1.54) is 12.1 Å². The highest BCUT2D eigenvalue weighted by molar-refractivity contribution is 6.31. The second kappa shape index (κ2) is 8.25. The number of esters is 1. The minimum atomic E-state index is -0.678. The molecule has 0 aliphatic heterocycles. The molecule has 0 bridgehead atoms. The van der Waals surface area contributed by atoms with E-state index in [-0.39, 0.29) is 22.8 Å². The molecule has 0 spiro atoms. The Hall–Kier alpha value is -2.93. The van der Waals surface area contributed by atoms with Gasteiger partial charge < -0.3 is 10.1 Å². The second-order valence-corrected chi connectivity index (χ2v) is 5.73. The lowest BCUT2D eigenvalue weighted by atomic mass is 10.1. The van der Waals surface area contributed by atoms with Crippen molar-refractivity contribution in [1.82, 2.24) is 0 Å². The number of hydrogen-bond acceptors (Lipinski definition) is 5. The van der Waals surface area contributed by atoms with Crippen molar-refractivity contribution in [3.8, 4) is 0 Å². The van der Waals surface area contributed by atoms with Gasteiger partial charge in [-0.05, 0) is 24.6 Å². The van der Waals surface area contributed by atoms with Crippen molar-refractivity contribution in [1.29, 1.82) is 0 Å². The van der Waals surface area contributed by atoms with Crippen LogP contribution in [0, 0.1) is 17.0 Å². The number of anilines is 1. The molecule has 0 aromatic heterocycles. The first-order chi connectivity index (χ1) is 11.8. The van der Waals surface area contributed by atoms with Crippen LogP contribution < -0.4 is 5.32 Å². The molecule has 8 heteroatoms. The predicted molar refractivity (Wildman–Crippen MR) is 92.6 cm³/mol. The fourth-order valence-corrected chi connectivity index (χ4v) is 2.18. The van der Waals surface area contributed by atoms with Gasteiger partial charge in [0.15, 0.2) is 6.61 Å². The van der Waals surface area contributed by atoms with Gasteiger partial charge in [-0.25, -0.2) is 0 Å². The van der Waals surface area contributed by atoms with Crippen LogP contribution in [0.4, 0.5) is 11.4 Å². The number of nitrogens with one attached hydrogen (secondary N) is 1. The van der Waals surface area contributed by atoms with Crippen LogP contribution in [-0.2, 0) is 20.7 Å². The van der Waals surface area contributed by atoms with E-state index in [0.717, 1.165) is 17.2 Å². The molecule has 0 aliphatic carbocycles. The normalized spacial score (nSPS) is 10.2. The minimum Gasteiger partial charge on any atom is -0.455 e. The highest BCUT2D eigenvalue weighted by atomic mass is 35.5. The lowest BCUT2D eigenvalue weighted by molar-refractivity contribution is -0.383. The Labute approximate surface area is 148 Å². The van der Waals surface area contributed by atoms with Gasteiger partial charge in [0.05, 0.1) is 11.3 Å². The number of nitro benzene ring substituents is 1. The average Bonchev–Trinajstić information content (AvgIpc) is 2.56. The smallest absolute Gasteiger partial charge is 0.310 e. The van der Waals surface area contributed by atoms with Gasteiger partial charge >= 0.3 is 5.97 Å². The largest absolute Gasteiger partial charge is 0.455 e. The molecule has 0 aliphatic rings. The predicted octanol–water partition coefficient (Wildman–Crippen LogP) is 3.28. The van der Waals surface area contributed by atoms with Crippen molar-refractivity contribution in [2.45, 2.75) is 13.3 Å². The third kappa shape index (κ3) is 5.58. The Bertz CT molecular complexity index is 805. The lowest BCUT2D eigenvalue weighted by Crippen LogP contribution is -2.22. The molecule has 0 unspecified atom stereocenters. The number of rotatable bonds is 6. The molecule has 0 radical (unpaired) electrons. The van der Waals surface area contributed by atoms with E-state index >= 15 is 0 Å². The van der Waals surface area contributed by atoms with Crippen molar-refractivity contribution in [2.24, 2.45) is 0 Å². The SMILES string of the molecule is Cc1ccc(CC(=O)OCC(=O)Nc2ccc(Cl)cc2[N+](=O)[O-])cc1. The maximum absolute atomic E-state index is 11.8. The van der Waals surface area contributed by atoms with Crippen molar-refractivity contribution in [3.63, 3.8) is 0 Å². The van der Waals surface area contributed by atoms with Crippen molar-refractivity contribution in [3.05, 3.63) is 68.7 Å². The number of halogens is 1. The molecule has 1 N–H and O–H groups in total. The van der Waals surface area contributed by atoms with Crippen LogP contribution in [0.3, 0.4) is 0 Å². The second-order valence-electron chi connectivity index (χ2n) is 5.29. The molecule has 0 atom stereocenters. The summed E-state index contributed by atoms with van der Waals surface area (Å²) in [6.07, 6.45) is 0.0364. The number of nitrogens with zero attached hydrogens (tertiary/aromatic N) is 1. The average molecular weight is 363 g/mol. The Morgan fingerprint density at radius 3 is 2.52 bits per heavy atom. The standard InChI is InChI=1S/C17H15ClN2O5/c1-11-2-4-12(5-3-11)8-17(22)25-10-16(21)19-14-7-6-13(18)9-15(14)20(23)24/h2-7,9H,8,10H2,1H3,(H,19,21). The third-order valence-corrected chi connectivity index (χ3v) is 3.50. The van der Waals surface area contributed by atoms with Crippen LogP contribution in [0.1, 0.15) is 11.1 Å². The number of hydrogen-bond donors (Lipinski definition) is 1. The van der Waals surface area contributed by atoms with Gasteiger partial charge in [0.2, 0.25) is 0 Å². The summed E-state index contributed by atoms with van der Waals surface area (Å²) in [5, 5.41) is 13.5. The topological polar surface area (TPSA) is 98.5 Å². The fourth-order valence-electron chi connectivity index (χ4n) is 2.02. The summed E-state index contributed by atoms with van der Waals surface area (Å²) in [6, 6.07) is 11.2. The monoisotopic (exact) mass is 362 g/mol. The van der Waals surface area contributed by atoms with E-state index in [4.69, 9.17) is 16.3 Å². The van der Waals surface area contributed by atoms with Crippen LogP contribution in [-0.4, -0.2) is 23.4 Å². The van der Waals surface area contributed by atoms with Crippen molar-refractivity contribution in [2.75, 3.05) is 11.9 Å². The number of amides is 1. The van der Waals surface area contributed by atoms with Gasteiger partial charge in [-0.2, -0.15) is 0 Å². The van der Waals surface area contributed by atoms with Gasteiger partial charge in [0, 0.05) is 11.1 Å². The van der Waals surface area contributed by atoms with Crippen LogP contribution in [0.2, 0.25) is 5.02 Å². The summed E-state index contributed by atoms with van der Waals surface area (Å²) in [5.41, 5.74) is 1.48. The van der Waals surface area contributed by atoms with Gasteiger partial charge in [-0.3, -0.25) is 19.7 Å². The molecule has 2 rings (SSSR count). The molecular formula is C17H15ClN2O5. The number of benzene rings is 2. The molecule has 2 aromatic rings. The molecule has 25 heavy (non-hydrogen) atoms. The van der Waals surface area contributed by atoms with Crippen molar-refractivity contribution >= 4 is 34.9 Å². The summed E-state index contributed by atoms with van der Waals surface area (Å²) in [5.74, 6) is -1.24. The zero-order valence-electron chi connectivity index (χ0n) is 13.3. The number of aryl methyl sites for hydroxylation is 1. The van der Waals surface area contributed by atoms with Gasteiger partial charge in [-0.15, -0.1) is 0 Å². The number of ether oxygens (including phenoxy) is 1. The van der Waals surface area contributed by atoms with E-state index in [1.54, 1.807) is 12.1 Å². The third-order valence-electron chi connectivity index (χ3n) is 3.26. The maximum atomic E-state index is 11.8. The van der Waals surface area contributed by atoms with E-state index in [0.29, 0.717) is 0 Å². The molecule has 0 heterocycles. The first kappa shape index (κ1) is 18.4. The van der Waals surface area contributed by atoms with Crippen LogP contribution >= 0.6 is 11.6 Å². The van der Waals surface area contributed by atoms with Crippen LogP contribution in [0.15, 0.2) is 42.5 Å². The lowest BCUT2D eigenvalue weighted by Gasteiger charge is -2.07.